The number of phenolic OH excluding ortho intramolecular Hbond substituents is 2. The zero-order valence-electron chi connectivity index (χ0n) is 10.6. The van der Waals surface area contributed by atoms with Crippen molar-refractivity contribution in [3.8, 4) is 11.5 Å². The molecule has 3 N–H and O–H groups in total. The van der Waals surface area contributed by atoms with Crippen molar-refractivity contribution in [3.05, 3.63) is 58.6 Å². The molecule has 0 saturated carbocycles. The third kappa shape index (κ3) is 3.88. The Kier molecular flexibility index (Phi) is 4.30. The van der Waals surface area contributed by atoms with Crippen molar-refractivity contribution >= 4 is 11.6 Å². The first kappa shape index (κ1) is 13.7. The minimum atomic E-state index is 0.0219. The van der Waals surface area contributed by atoms with Crippen LogP contribution in [0, 0.1) is 0 Å². The molecule has 19 heavy (non-hydrogen) atoms. The molecule has 0 aliphatic heterocycles. The molecule has 100 valence electrons. The molecular formula is C15H16ClNO2. The molecule has 0 heterocycles. The topological polar surface area (TPSA) is 52.5 Å². The lowest BCUT2D eigenvalue weighted by molar-refractivity contribution is 0.446. The molecule has 0 aliphatic carbocycles. The summed E-state index contributed by atoms with van der Waals surface area (Å²) in [4.78, 5) is 0. The number of halogens is 1. The fourth-order valence-corrected chi connectivity index (χ4v) is 1.99. The van der Waals surface area contributed by atoms with E-state index in [-0.39, 0.29) is 17.5 Å². The highest BCUT2D eigenvalue weighted by molar-refractivity contribution is 6.30. The number of nitrogens with one attached hydrogen (secondary N) is 1. The Bertz CT molecular complexity index is 534. The molecule has 0 aliphatic rings. The SMILES string of the molecule is CC(NCc1ccc(Cl)cc1)c1cc(O)cc(O)c1. The fraction of sp³-hybridized carbons (Fsp3) is 0.200. The van der Waals surface area contributed by atoms with Gasteiger partial charge in [0.05, 0.1) is 0 Å². The Morgan fingerprint density at radius 1 is 1.05 bits per heavy atom. The van der Waals surface area contributed by atoms with Gasteiger partial charge < -0.3 is 15.5 Å². The summed E-state index contributed by atoms with van der Waals surface area (Å²) in [6.07, 6.45) is 0. The highest BCUT2D eigenvalue weighted by Crippen LogP contribution is 2.24. The van der Waals surface area contributed by atoms with E-state index in [0.717, 1.165) is 16.1 Å². The highest BCUT2D eigenvalue weighted by atomic mass is 35.5. The van der Waals surface area contributed by atoms with E-state index in [1.54, 1.807) is 12.1 Å². The van der Waals surface area contributed by atoms with Gasteiger partial charge in [-0.2, -0.15) is 0 Å². The van der Waals surface area contributed by atoms with Crippen LogP contribution in [-0.2, 0) is 6.54 Å². The maximum atomic E-state index is 9.46. The first-order valence-electron chi connectivity index (χ1n) is 6.05. The highest BCUT2D eigenvalue weighted by Gasteiger charge is 2.07. The molecule has 4 heteroatoms. The normalized spacial score (nSPS) is 12.3. The summed E-state index contributed by atoms with van der Waals surface area (Å²) in [5.74, 6) is 0.130. The van der Waals surface area contributed by atoms with Crippen LogP contribution in [0.4, 0.5) is 0 Å². The first-order chi connectivity index (χ1) is 9.04. The molecule has 0 fully saturated rings. The summed E-state index contributed by atoms with van der Waals surface area (Å²) in [6, 6.07) is 12.2. The van der Waals surface area contributed by atoms with Crippen molar-refractivity contribution < 1.29 is 10.2 Å². The minimum absolute atomic E-state index is 0.0219. The molecule has 0 amide bonds. The molecule has 0 saturated heterocycles. The predicted molar refractivity (Wildman–Crippen MR) is 76.5 cm³/mol. The average molecular weight is 278 g/mol. The van der Waals surface area contributed by atoms with Crippen LogP contribution < -0.4 is 5.32 Å². The van der Waals surface area contributed by atoms with Gasteiger partial charge in [-0.25, -0.2) is 0 Å². The number of rotatable bonds is 4. The lowest BCUT2D eigenvalue weighted by atomic mass is 10.1. The molecule has 0 bridgehead atoms. The molecule has 0 aromatic heterocycles. The quantitative estimate of drug-likeness (QED) is 0.800. The second-order valence-corrected chi connectivity index (χ2v) is 4.95. The summed E-state index contributed by atoms with van der Waals surface area (Å²) < 4.78 is 0. The van der Waals surface area contributed by atoms with Gasteiger partial charge in [-0.1, -0.05) is 23.7 Å². The number of phenols is 2. The largest absolute Gasteiger partial charge is 0.508 e. The molecule has 2 rings (SSSR count). The molecule has 0 spiro atoms. The van der Waals surface area contributed by atoms with Crippen LogP contribution in [0.5, 0.6) is 11.5 Å². The molecule has 2 aromatic carbocycles. The van der Waals surface area contributed by atoms with Crippen molar-refractivity contribution in [2.75, 3.05) is 0 Å². The molecular weight excluding hydrogens is 262 g/mol. The Labute approximate surface area is 117 Å². The van der Waals surface area contributed by atoms with Gasteiger partial charge in [0.25, 0.3) is 0 Å². The summed E-state index contributed by atoms with van der Waals surface area (Å²) in [5.41, 5.74) is 1.96. The Morgan fingerprint density at radius 2 is 1.63 bits per heavy atom. The van der Waals surface area contributed by atoms with E-state index < -0.39 is 0 Å². The molecule has 3 nitrogen and oxygen atoms in total. The Hall–Kier alpha value is -1.71. The van der Waals surface area contributed by atoms with E-state index in [4.69, 9.17) is 11.6 Å². The predicted octanol–water partition coefficient (Wildman–Crippen LogP) is 3.60. The van der Waals surface area contributed by atoms with Gasteiger partial charge in [0.15, 0.2) is 0 Å². The van der Waals surface area contributed by atoms with Crippen LogP contribution in [0.3, 0.4) is 0 Å². The third-order valence-electron chi connectivity index (χ3n) is 2.95. The first-order valence-corrected chi connectivity index (χ1v) is 6.43. The van der Waals surface area contributed by atoms with E-state index in [1.165, 1.54) is 6.07 Å². The second kappa shape index (κ2) is 5.95. The van der Waals surface area contributed by atoms with E-state index in [1.807, 2.05) is 31.2 Å². The summed E-state index contributed by atoms with van der Waals surface area (Å²) >= 11 is 5.83. The van der Waals surface area contributed by atoms with Crippen molar-refractivity contribution in [2.24, 2.45) is 0 Å². The number of hydrogen-bond acceptors (Lipinski definition) is 3. The second-order valence-electron chi connectivity index (χ2n) is 4.51. The lowest BCUT2D eigenvalue weighted by Crippen LogP contribution is -2.17. The van der Waals surface area contributed by atoms with Crippen LogP contribution in [-0.4, -0.2) is 10.2 Å². The average Bonchev–Trinajstić information content (AvgIpc) is 2.36. The van der Waals surface area contributed by atoms with Crippen LogP contribution in [0.15, 0.2) is 42.5 Å². The van der Waals surface area contributed by atoms with Gasteiger partial charge in [-0.15, -0.1) is 0 Å². The maximum absolute atomic E-state index is 9.46. The van der Waals surface area contributed by atoms with Crippen molar-refractivity contribution in [3.63, 3.8) is 0 Å². The standard InChI is InChI=1S/C15H16ClNO2/c1-10(12-6-14(18)8-15(19)7-12)17-9-11-2-4-13(16)5-3-11/h2-8,10,17-19H,9H2,1H3. The van der Waals surface area contributed by atoms with Crippen LogP contribution in [0.2, 0.25) is 5.02 Å². The summed E-state index contributed by atoms with van der Waals surface area (Å²) in [5, 5.41) is 23.0. The van der Waals surface area contributed by atoms with E-state index >= 15 is 0 Å². The maximum Gasteiger partial charge on any atom is 0.119 e. The number of aromatic hydroxyl groups is 2. The van der Waals surface area contributed by atoms with Gasteiger partial charge in [-0.3, -0.25) is 0 Å². The number of hydrogen-bond donors (Lipinski definition) is 3. The van der Waals surface area contributed by atoms with E-state index in [0.29, 0.717) is 6.54 Å². The molecule has 1 atom stereocenters. The molecule has 1 unspecified atom stereocenters. The van der Waals surface area contributed by atoms with Crippen LogP contribution in [0.25, 0.3) is 0 Å². The monoisotopic (exact) mass is 277 g/mol. The summed E-state index contributed by atoms with van der Waals surface area (Å²) in [7, 11) is 0. The zero-order chi connectivity index (χ0) is 13.8. The molecule has 2 aromatic rings. The van der Waals surface area contributed by atoms with Crippen molar-refractivity contribution in [1.29, 1.82) is 0 Å². The van der Waals surface area contributed by atoms with Crippen molar-refractivity contribution in [1.82, 2.24) is 5.32 Å². The van der Waals surface area contributed by atoms with Gasteiger partial charge in [0, 0.05) is 23.7 Å². The van der Waals surface area contributed by atoms with Crippen molar-refractivity contribution in [2.45, 2.75) is 19.5 Å². The smallest absolute Gasteiger partial charge is 0.119 e. The Balaban J connectivity index is 2.00. The third-order valence-corrected chi connectivity index (χ3v) is 3.20. The fourth-order valence-electron chi connectivity index (χ4n) is 1.86. The van der Waals surface area contributed by atoms with Gasteiger partial charge in [0.2, 0.25) is 0 Å². The van der Waals surface area contributed by atoms with Gasteiger partial charge in [0.1, 0.15) is 11.5 Å². The van der Waals surface area contributed by atoms with Gasteiger partial charge >= 0.3 is 0 Å². The lowest BCUT2D eigenvalue weighted by Gasteiger charge is -2.15. The summed E-state index contributed by atoms with van der Waals surface area (Å²) in [6.45, 7) is 2.67. The minimum Gasteiger partial charge on any atom is -0.508 e. The number of benzene rings is 2. The zero-order valence-corrected chi connectivity index (χ0v) is 11.4. The van der Waals surface area contributed by atoms with Crippen LogP contribution in [0.1, 0.15) is 24.1 Å². The van der Waals surface area contributed by atoms with E-state index in [9.17, 15) is 10.2 Å². The Morgan fingerprint density at radius 3 is 2.21 bits per heavy atom. The van der Waals surface area contributed by atoms with E-state index in [2.05, 4.69) is 5.32 Å². The van der Waals surface area contributed by atoms with Crippen LogP contribution >= 0.6 is 11.6 Å². The van der Waals surface area contributed by atoms with Gasteiger partial charge in [-0.05, 0) is 42.3 Å². The molecule has 0 radical (unpaired) electrons.